The number of carbonyl (C=O) groups excluding carboxylic acids is 1. The Kier molecular flexibility index (Phi) is 4.43. The first-order valence-corrected chi connectivity index (χ1v) is 7.13. The molecule has 1 saturated carbocycles. The Morgan fingerprint density at radius 3 is 2.75 bits per heavy atom. The van der Waals surface area contributed by atoms with Gasteiger partial charge in [-0.25, -0.2) is 4.39 Å². The molecule has 1 atom stereocenters. The van der Waals surface area contributed by atoms with Gasteiger partial charge >= 0.3 is 0 Å². The van der Waals surface area contributed by atoms with Crippen LogP contribution in [0.2, 0.25) is 0 Å². The van der Waals surface area contributed by atoms with Gasteiger partial charge in [-0.15, -0.1) is 0 Å². The highest BCUT2D eigenvalue weighted by atomic mass is 19.1. The first kappa shape index (κ1) is 15.0. The van der Waals surface area contributed by atoms with Gasteiger partial charge in [-0.3, -0.25) is 4.79 Å². The van der Waals surface area contributed by atoms with Crippen molar-refractivity contribution in [3.63, 3.8) is 0 Å². The second-order valence-electron chi connectivity index (χ2n) is 6.07. The standard InChI is InChI=1S/C16H22FNO2/c1-16(2,12-4-3-5-13(17)10-12)15(20)18-14(8-9-19)11-6-7-11/h3-5,10-11,14,19H,6-9H2,1-2H3,(H,18,20). The Labute approximate surface area is 119 Å². The Balaban J connectivity index is 2.09. The lowest BCUT2D eigenvalue weighted by atomic mass is 9.83. The zero-order valence-electron chi connectivity index (χ0n) is 12.0. The van der Waals surface area contributed by atoms with Gasteiger partial charge in [-0.05, 0) is 56.7 Å². The van der Waals surface area contributed by atoms with Crippen molar-refractivity contribution in [2.45, 2.75) is 44.6 Å². The maximum atomic E-state index is 13.3. The van der Waals surface area contributed by atoms with E-state index in [-0.39, 0.29) is 24.4 Å². The molecule has 2 rings (SSSR count). The zero-order chi connectivity index (χ0) is 14.8. The quantitative estimate of drug-likeness (QED) is 0.840. The molecule has 1 amide bonds. The summed E-state index contributed by atoms with van der Waals surface area (Å²) in [5.74, 6) is 0.0281. The van der Waals surface area contributed by atoms with Gasteiger partial charge in [0.1, 0.15) is 5.82 Å². The number of hydrogen-bond donors (Lipinski definition) is 2. The van der Waals surface area contributed by atoms with Crippen LogP contribution in [-0.4, -0.2) is 23.7 Å². The van der Waals surface area contributed by atoms with E-state index in [0.29, 0.717) is 17.9 Å². The molecule has 0 heterocycles. The molecule has 0 aromatic heterocycles. The van der Waals surface area contributed by atoms with Crippen molar-refractivity contribution in [1.82, 2.24) is 5.32 Å². The summed E-state index contributed by atoms with van der Waals surface area (Å²) in [6.45, 7) is 3.65. The normalized spacial score (nSPS) is 16.8. The summed E-state index contributed by atoms with van der Waals surface area (Å²) in [7, 11) is 0. The Hall–Kier alpha value is -1.42. The van der Waals surface area contributed by atoms with Crippen molar-refractivity contribution in [2.24, 2.45) is 5.92 Å². The van der Waals surface area contributed by atoms with Crippen molar-refractivity contribution in [3.8, 4) is 0 Å². The topological polar surface area (TPSA) is 49.3 Å². The van der Waals surface area contributed by atoms with Crippen molar-refractivity contribution in [3.05, 3.63) is 35.6 Å². The third-order valence-electron chi connectivity index (χ3n) is 4.06. The van der Waals surface area contributed by atoms with Crippen LogP contribution in [0.4, 0.5) is 4.39 Å². The summed E-state index contributed by atoms with van der Waals surface area (Å²) in [4.78, 5) is 12.5. The van der Waals surface area contributed by atoms with Gasteiger partial charge < -0.3 is 10.4 Å². The second kappa shape index (κ2) is 5.92. The molecule has 1 unspecified atom stereocenters. The molecule has 0 spiro atoms. The van der Waals surface area contributed by atoms with Crippen LogP contribution in [-0.2, 0) is 10.2 Å². The van der Waals surface area contributed by atoms with E-state index in [1.54, 1.807) is 26.0 Å². The number of rotatable bonds is 6. The second-order valence-corrected chi connectivity index (χ2v) is 6.07. The van der Waals surface area contributed by atoms with Crippen LogP contribution in [0, 0.1) is 11.7 Å². The van der Waals surface area contributed by atoms with Gasteiger partial charge in [0.15, 0.2) is 0 Å². The number of nitrogens with one attached hydrogen (secondary N) is 1. The Bertz CT molecular complexity index is 483. The molecule has 0 saturated heterocycles. The number of benzene rings is 1. The molecule has 110 valence electrons. The molecule has 1 aliphatic rings. The lowest BCUT2D eigenvalue weighted by Gasteiger charge is -2.28. The molecule has 3 nitrogen and oxygen atoms in total. The monoisotopic (exact) mass is 279 g/mol. The van der Waals surface area contributed by atoms with Crippen molar-refractivity contribution >= 4 is 5.91 Å². The van der Waals surface area contributed by atoms with E-state index < -0.39 is 5.41 Å². The molecule has 0 aliphatic heterocycles. The third kappa shape index (κ3) is 3.37. The van der Waals surface area contributed by atoms with Crippen molar-refractivity contribution < 1.29 is 14.3 Å². The van der Waals surface area contributed by atoms with Crippen LogP contribution < -0.4 is 5.32 Å². The molecular weight excluding hydrogens is 257 g/mol. The molecule has 1 aromatic carbocycles. The third-order valence-corrected chi connectivity index (χ3v) is 4.06. The fourth-order valence-electron chi connectivity index (χ4n) is 2.42. The molecule has 2 N–H and O–H groups in total. The highest BCUT2D eigenvalue weighted by molar-refractivity contribution is 5.87. The number of amides is 1. The van der Waals surface area contributed by atoms with E-state index in [1.807, 2.05) is 0 Å². The van der Waals surface area contributed by atoms with E-state index >= 15 is 0 Å². The maximum absolute atomic E-state index is 13.3. The van der Waals surface area contributed by atoms with E-state index in [4.69, 9.17) is 5.11 Å². The summed E-state index contributed by atoms with van der Waals surface area (Å²) in [6, 6.07) is 6.18. The smallest absolute Gasteiger partial charge is 0.230 e. The predicted molar refractivity (Wildman–Crippen MR) is 75.8 cm³/mol. The summed E-state index contributed by atoms with van der Waals surface area (Å²) in [6.07, 6.45) is 2.78. The molecule has 4 heteroatoms. The highest BCUT2D eigenvalue weighted by Gasteiger charge is 2.36. The van der Waals surface area contributed by atoms with Crippen molar-refractivity contribution in [2.75, 3.05) is 6.61 Å². The first-order valence-electron chi connectivity index (χ1n) is 7.13. The molecule has 0 radical (unpaired) electrons. The number of hydrogen-bond acceptors (Lipinski definition) is 2. The lowest BCUT2D eigenvalue weighted by Crippen LogP contribution is -2.46. The van der Waals surface area contributed by atoms with Crippen LogP contribution >= 0.6 is 0 Å². The minimum Gasteiger partial charge on any atom is -0.396 e. The molecule has 1 aromatic rings. The fraction of sp³-hybridized carbons (Fsp3) is 0.562. The van der Waals surface area contributed by atoms with Gasteiger partial charge in [0, 0.05) is 12.6 Å². The number of carbonyl (C=O) groups is 1. The van der Waals surface area contributed by atoms with Crippen LogP contribution in [0.5, 0.6) is 0 Å². The van der Waals surface area contributed by atoms with E-state index in [9.17, 15) is 9.18 Å². The predicted octanol–water partition coefficient (Wildman–Crippen LogP) is 2.38. The molecular formula is C16H22FNO2. The Morgan fingerprint density at radius 1 is 1.50 bits per heavy atom. The van der Waals surface area contributed by atoms with Gasteiger partial charge in [0.2, 0.25) is 5.91 Å². The van der Waals surface area contributed by atoms with Crippen LogP contribution in [0.3, 0.4) is 0 Å². The van der Waals surface area contributed by atoms with E-state index in [2.05, 4.69) is 5.32 Å². The number of aliphatic hydroxyl groups is 1. The van der Waals surface area contributed by atoms with Gasteiger partial charge in [0.05, 0.1) is 5.41 Å². The molecule has 0 bridgehead atoms. The fourth-order valence-corrected chi connectivity index (χ4v) is 2.42. The van der Waals surface area contributed by atoms with E-state index in [1.165, 1.54) is 12.1 Å². The van der Waals surface area contributed by atoms with Crippen LogP contribution in [0.1, 0.15) is 38.7 Å². The lowest BCUT2D eigenvalue weighted by molar-refractivity contribution is -0.126. The summed E-state index contributed by atoms with van der Waals surface area (Å²) in [5, 5.41) is 12.1. The number of halogens is 1. The summed E-state index contributed by atoms with van der Waals surface area (Å²) in [5.41, 5.74) is -0.126. The van der Waals surface area contributed by atoms with Gasteiger partial charge in [-0.1, -0.05) is 12.1 Å². The van der Waals surface area contributed by atoms with Gasteiger partial charge in [-0.2, -0.15) is 0 Å². The molecule has 1 aliphatic carbocycles. The van der Waals surface area contributed by atoms with Crippen LogP contribution in [0.15, 0.2) is 24.3 Å². The number of aliphatic hydroxyl groups excluding tert-OH is 1. The largest absolute Gasteiger partial charge is 0.396 e. The van der Waals surface area contributed by atoms with Crippen molar-refractivity contribution in [1.29, 1.82) is 0 Å². The molecule has 20 heavy (non-hydrogen) atoms. The van der Waals surface area contributed by atoms with Crippen LogP contribution in [0.25, 0.3) is 0 Å². The Morgan fingerprint density at radius 2 is 2.20 bits per heavy atom. The van der Waals surface area contributed by atoms with Gasteiger partial charge in [0.25, 0.3) is 0 Å². The first-order chi connectivity index (χ1) is 9.45. The minimum absolute atomic E-state index is 0.0281. The highest BCUT2D eigenvalue weighted by Crippen LogP contribution is 2.34. The SMILES string of the molecule is CC(C)(C(=O)NC(CCO)C1CC1)c1cccc(F)c1. The maximum Gasteiger partial charge on any atom is 0.230 e. The average Bonchev–Trinajstić information content (AvgIpc) is 3.22. The molecule has 1 fully saturated rings. The summed E-state index contributed by atoms with van der Waals surface area (Å²) >= 11 is 0. The zero-order valence-corrected chi connectivity index (χ0v) is 12.0. The summed E-state index contributed by atoms with van der Waals surface area (Å²) < 4.78 is 13.3. The minimum atomic E-state index is -0.787. The average molecular weight is 279 g/mol. The van der Waals surface area contributed by atoms with E-state index in [0.717, 1.165) is 12.8 Å².